The Balaban J connectivity index is 1.86. The van der Waals surface area contributed by atoms with Crippen LogP contribution in [0.25, 0.3) is 0 Å². The lowest BCUT2D eigenvalue weighted by Gasteiger charge is -2.43. The fourth-order valence-electron chi connectivity index (χ4n) is 4.51. The van der Waals surface area contributed by atoms with E-state index in [-0.39, 0.29) is 24.6 Å². The number of carbonyl (C=O) groups excluding carboxylic acids is 2. The minimum atomic E-state index is -4.81. The van der Waals surface area contributed by atoms with Crippen molar-refractivity contribution in [1.29, 1.82) is 0 Å². The third-order valence-electron chi connectivity index (χ3n) is 5.83. The molecule has 2 aliphatic heterocycles. The highest BCUT2D eigenvalue weighted by molar-refractivity contribution is 6.02. The first-order valence-electron chi connectivity index (χ1n) is 9.42. The van der Waals surface area contributed by atoms with Gasteiger partial charge in [0.1, 0.15) is 5.75 Å². The van der Waals surface area contributed by atoms with Crippen molar-refractivity contribution in [3.05, 3.63) is 24.3 Å². The molecule has 3 rings (SSSR count). The van der Waals surface area contributed by atoms with Gasteiger partial charge in [0.15, 0.2) is 5.78 Å². The highest BCUT2D eigenvalue weighted by atomic mass is 19.4. The van der Waals surface area contributed by atoms with Gasteiger partial charge in [0.25, 0.3) is 0 Å². The fourth-order valence-corrected chi connectivity index (χ4v) is 4.51. The number of alkyl halides is 3. The number of hydrogen-bond acceptors (Lipinski definition) is 5. The van der Waals surface area contributed by atoms with Gasteiger partial charge in [-0.2, -0.15) is 0 Å². The van der Waals surface area contributed by atoms with E-state index in [1.54, 1.807) is 4.90 Å². The van der Waals surface area contributed by atoms with Gasteiger partial charge in [-0.1, -0.05) is 0 Å². The van der Waals surface area contributed by atoms with Crippen LogP contribution >= 0.6 is 0 Å². The lowest BCUT2D eigenvalue weighted by atomic mass is 9.70. The number of anilines is 1. The Morgan fingerprint density at radius 2 is 1.67 bits per heavy atom. The van der Waals surface area contributed by atoms with Crippen molar-refractivity contribution in [2.75, 3.05) is 24.5 Å². The normalized spacial score (nSPS) is 21.0. The second-order valence-electron chi connectivity index (χ2n) is 7.63. The van der Waals surface area contributed by atoms with Gasteiger partial charge in [-0.15, -0.1) is 13.2 Å². The van der Waals surface area contributed by atoms with Gasteiger partial charge in [-0.05, 0) is 43.5 Å². The van der Waals surface area contributed by atoms with Crippen LogP contribution in [0.5, 0.6) is 5.75 Å². The zero-order valence-corrected chi connectivity index (χ0v) is 16.0. The van der Waals surface area contributed by atoms with Crippen LogP contribution in [0.3, 0.4) is 0 Å². The van der Waals surface area contributed by atoms with E-state index in [9.17, 15) is 32.7 Å². The van der Waals surface area contributed by atoms with Crippen molar-refractivity contribution < 1.29 is 37.4 Å². The number of primary amides is 1. The van der Waals surface area contributed by atoms with E-state index < -0.39 is 36.2 Å². The molecule has 2 amide bonds. The topological polar surface area (TPSA) is 113 Å². The van der Waals surface area contributed by atoms with E-state index in [2.05, 4.69) is 4.74 Å². The molecule has 164 valence electrons. The van der Waals surface area contributed by atoms with Gasteiger partial charge in [0.05, 0.1) is 12.5 Å². The monoisotopic (exact) mass is 429 g/mol. The first-order valence-corrected chi connectivity index (χ1v) is 9.42. The zero-order chi connectivity index (χ0) is 22.1. The largest absolute Gasteiger partial charge is 0.573 e. The average molecular weight is 429 g/mol. The molecule has 0 saturated carbocycles. The Labute approximate surface area is 170 Å². The molecule has 2 fully saturated rings. The van der Waals surface area contributed by atoms with Crippen molar-refractivity contribution >= 4 is 23.5 Å². The number of nitrogens with zero attached hydrogens (tertiary/aromatic N) is 2. The molecule has 2 heterocycles. The Hall–Kier alpha value is -2.98. The molecule has 1 aromatic rings. The maximum absolute atomic E-state index is 12.9. The van der Waals surface area contributed by atoms with Gasteiger partial charge in [0.2, 0.25) is 5.91 Å². The number of piperidine rings is 1. The second-order valence-corrected chi connectivity index (χ2v) is 7.63. The van der Waals surface area contributed by atoms with E-state index in [1.807, 2.05) is 0 Å². The molecule has 2 aliphatic rings. The molecule has 0 bridgehead atoms. The van der Waals surface area contributed by atoms with E-state index in [0.717, 1.165) is 12.1 Å². The predicted molar refractivity (Wildman–Crippen MR) is 99.0 cm³/mol. The number of benzene rings is 1. The molecule has 1 aromatic carbocycles. The third-order valence-corrected chi connectivity index (χ3v) is 5.83. The lowest BCUT2D eigenvalue weighted by molar-refractivity contribution is -0.274. The van der Waals surface area contributed by atoms with Gasteiger partial charge in [-0.3, -0.25) is 9.59 Å². The molecule has 8 nitrogen and oxygen atoms in total. The SMILES string of the molecule is NC(=O)CC(=O)C1N(c2ccc(OC(F)(F)F)cc2)CCC12CCN(C(=O)O)CC2. The number of rotatable bonds is 5. The Bertz CT molecular complexity index is 820. The average Bonchev–Trinajstić information content (AvgIpc) is 2.99. The van der Waals surface area contributed by atoms with Crippen molar-refractivity contribution in [3.63, 3.8) is 0 Å². The van der Waals surface area contributed by atoms with Crippen LogP contribution in [0.15, 0.2) is 24.3 Å². The molecule has 2 saturated heterocycles. The summed E-state index contributed by atoms with van der Waals surface area (Å²) in [6.45, 7) is 0.978. The number of hydrogen-bond donors (Lipinski definition) is 2. The summed E-state index contributed by atoms with van der Waals surface area (Å²) in [4.78, 5) is 38.6. The Morgan fingerprint density at radius 1 is 1.10 bits per heavy atom. The van der Waals surface area contributed by atoms with Crippen LogP contribution < -0.4 is 15.4 Å². The molecule has 30 heavy (non-hydrogen) atoms. The molecule has 3 N–H and O–H groups in total. The first kappa shape index (κ1) is 21.7. The molecular weight excluding hydrogens is 407 g/mol. The summed E-state index contributed by atoms with van der Waals surface area (Å²) in [6, 6.07) is 4.47. The van der Waals surface area contributed by atoms with E-state index in [0.29, 0.717) is 31.5 Å². The smallest absolute Gasteiger partial charge is 0.465 e. The number of halogens is 3. The number of amides is 2. The summed E-state index contributed by atoms with van der Waals surface area (Å²) in [5.41, 5.74) is 5.21. The molecule has 0 aromatic heterocycles. The second kappa shape index (κ2) is 8.04. The van der Waals surface area contributed by atoms with Crippen LogP contribution in [-0.4, -0.2) is 59.8 Å². The Kier molecular flexibility index (Phi) is 5.82. The fraction of sp³-hybridized carbons (Fsp3) is 0.526. The maximum Gasteiger partial charge on any atom is 0.573 e. The van der Waals surface area contributed by atoms with E-state index in [4.69, 9.17) is 5.73 Å². The number of ketones is 1. The predicted octanol–water partition coefficient (Wildman–Crippen LogP) is 2.37. The molecular formula is C19H22F3N3O5. The van der Waals surface area contributed by atoms with Gasteiger partial charge in [0, 0.05) is 30.7 Å². The summed E-state index contributed by atoms with van der Waals surface area (Å²) in [7, 11) is 0. The molecule has 0 radical (unpaired) electrons. The number of carboxylic acid groups (broad SMARTS) is 1. The van der Waals surface area contributed by atoms with Crippen LogP contribution in [0, 0.1) is 5.41 Å². The Morgan fingerprint density at radius 3 is 2.17 bits per heavy atom. The highest BCUT2D eigenvalue weighted by Crippen LogP contribution is 2.47. The summed E-state index contributed by atoms with van der Waals surface area (Å²) in [5.74, 6) is -1.52. The van der Waals surface area contributed by atoms with E-state index >= 15 is 0 Å². The standard InChI is InChI=1S/C19H22F3N3O5/c20-19(21,22)30-13-3-1-12(2-4-13)25-10-7-18(16(25)14(26)11-15(23)27)5-8-24(9-6-18)17(28)29/h1-4,16H,5-11H2,(H2,23,27)(H,28,29). The van der Waals surface area contributed by atoms with Gasteiger partial charge >= 0.3 is 12.5 Å². The number of Topliss-reactive ketones (excluding diaryl/α,β-unsaturated/α-hetero) is 1. The summed E-state index contributed by atoms with van der Waals surface area (Å²) < 4.78 is 41.1. The number of carbonyl (C=O) groups is 3. The summed E-state index contributed by atoms with van der Waals surface area (Å²) in [5, 5.41) is 9.20. The number of ether oxygens (including phenoxy) is 1. The number of nitrogens with two attached hydrogens (primary N) is 1. The molecule has 11 heteroatoms. The van der Waals surface area contributed by atoms with Crippen LogP contribution in [0.2, 0.25) is 0 Å². The van der Waals surface area contributed by atoms with Crippen molar-refractivity contribution in [2.24, 2.45) is 11.1 Å². The van der Waals surface area contributed by atoms with Crippen molar-refractivity contribution in [2.45, 2.75) is 38.1 Å². The minimum absolute atomic E-state index is 0.266. The van der Waals surface area contributed by atoms with Gasteiger partial charge in [-0.25, -0.2) is 4.79 Å². The van der Waals surface area contributed by atoms with Crippen LogP contribution in [0.4, 0.5) is 23.7 Å². The zero-order valence-electron chi connectivity index (χ0n) is 16.0. The van der Waals surface area contributed by atoms with E-state index in [1.165, 1.54) is 17.0 Å². The molecule has 1 spiro atoms. The van der Waals surface area contributed by atoms with Crippen LogP contribution in [0.1, 0.15) is 25.7 Å². The highest BCUT2D eigenvalue weighted by Gasteiger charge is 2.52. The minimum Gasteiger partial charge on any atom is -0.465 e. The first-order chi connectivity index (χ1) is 14.0. The van der Waals surface area contributed by atoms with Crippen molar-refractivity contribution in [3.8, 4) is 5.75 Å². The quantitative estimate of drug-likeness (QED) is 0.695. The number of likely N-dealkylation sites (tertiary alicyclic amines) is 1. The van der Waals surface area contributed by atoms with Crippen LogP contribution in [-0.2, 0) is 9.59 Å². The van der Waals surface area contributed by atoms with Gasteiger partial charge < -0.3 is 25.4 Å². The summed E-state index contributed by atoms with van der Waals surface area (Å²) in [6.07, 6.45) is -4.81. The third kappa shape index (κ3) is 4.60. The molecule has 0 aliphatic carbocycles. The van der Waals surface area contributed by atoms with Crippen molar-refractivity contribution in [1.82, 2.24) is 4.90 Å². The molecule has 1 unspecified atom stereocenters. The maximum atomic E-state index is 12.9. The summed E-state index contributed by atoms with van der Waals surface area (Å²) >= 11 is 0. The lowest BCUT2D eigenvalue weighted by Crippen LogP contribution is -2.52. The molecule has 1 atom stereocenters.